The van der Waals surface area contributed by atoms with Gasteiger partial charge in [0.15, 0.2) is 0 Å². The van der Waals surface area contributed by atoms with Crippen LogP contribution in [-0.2, 0) is 17.9 Å². The topological polar surface area (TPSA) is 66.6 Å². The fourth-order valence-electron chi connectivity index (χ4n) is 2.52. The second-order valence-electron chi connectivity index (χ2n) is 5.61. The Morgan fingerprint density at radius 2 is 1.80 bits per heavy atom. The minimum absolute atomic E-state index is 0.365. The molecule has 5 heteroatoms. The first kappa shape index (κ1) is 17.2. The molecule has 0 saturated carbocycles. The zero-order valence-electron chi connectivity index (χ0n) is 14.3. The number of nitrogens with zero attached hydrogens (tertiary/aromatic N) is 1. The maximum Gasteiger partial charge on any atom is 0.131 e. The molecule has 1 aromatic heterocycles. The summed E-state index contributed by atoms with van der Waals surface area (Å²) in [6.45, 7) is 1.89. The van der Waals surface area contributed by atoms with Gasteiger partial charge in [0.25, 0.3) is 0 Å². The van der Waals surface area contributed by atoms with Crippen molar-refractivity contribution < 1.29 is 14.2 Å². The van der Waals surface area contributed by atoms with Crippen molar-refractivity contribution in [3.05, 3.63) is 65.9 Å². The van der Waals surface area contributed by atoms with E-state index >= 15 is 0 Å². The highest BCUT2D eigenvalue weighted by molar-refractivity contribution is 5.86. The number of nitrogens with two attached hydrogens (primary N) is 1. The number of hydrogen-bond acceptors (Lipinski definition) is 5. The number of fused-ring (bicyclic) bond motifs is 1. The Hall–Kier alpha value is -2.63. The van der Waals surface area contributed by atoms with E-state index in [4.69, 9.17) is 19.9 Å². The normalized spacial score (nSPS) is 10.8. The molecule has 0 aliphatic heterocycles. The molecule has 5 nitrogen and oxygen atoms in total. The highest BCUT2D eigenvalue weighted by Gasteiger charge is 2.09. The minimum Gasteiger partial charge on any atom is -0.491 e. The Morgan fingerprint density at radius 1 is 0.960 bits per heavy atom. The fourth-order valence-corrected chi connectivity index (χ4v) is 2.52. The molecule has 0 saturated heterocycles. The van der Waals surface area contributed by atoms with E-state index in [1.165, 1.54) is 0 Å². The van der Waals surface area contributed by atoms with Crippen LogP contribution in [0.2, 0.25) is 0 Å². The minimum atomic E-state index is 0.365. The van der Waals surface area contributed by atoms with Crippen molar-refractivity contribution in [1.82, 2.24) is 4.98 Å². The van der Waals surface area contributed by atoms with Crippen LogP contribution in [0.1, 0.15) is 11.3 Å². The largest absolute Gasteiger partial charge is 0.491 e. The molecule has 1 heterocycles. The summed E-state index contributed by atoms with van der Waals surface area (Å²) >= 11 is 0. The van der Waals surface area contributed by atoms with Gasteiger partial charge < -0.3 is 19.9 Å². The number of aromatic nitrogens is 1. The molecule has 0 aliphatic rings. The summed E-state index contributed by atoms with van der Waals surface area (Å²) in [5.41, 5.74) is 8.51. The van der Waals surface area contributed by atoms with Crippen molar-refractivity contribution in [2.75, 3.05) is 20.3 Å². The average molecular weight is 338 g/mol. The fraction of sp³-hybridized carbons (Fsp3) is 0.250. The van der Waals surface area contributed by atoms with Gasteiger partial charge in [-0.25, -0.2) is 0 Å². The molecule has 2 N–H and O–H groups in total. The van der Waals surface area contributed by atoms with Gasteiger partial charge in [0.2, 0.25) is 0 Å². The van der Waals surface area contributed by atoms with Crippen LogP contribution in [0.4, 0.5) is 0 Å². The summed E-state index contributed by atoms with van der Waals surface area (Å²) in [7, 11) is 1.65. The predicted molar refractivity (Wildman–Crippen MR) is 97.8 cm³/mol. The number of ether oxygens (including phenoxy) is 3. The Kier molecular flexibility index (Phi) is 5.82. The maximum atomic E-state index is 6.05. The van der Waals surface area contributed by atoms with E-state index in [1.807, 2.05) is 54.6 Å². The van der Waals surface area contributed by atoms with Crippen molar-refractivity contribution in [2.45, 2.75) is 13.2 Å². The van der Waals surface area contributed by atoms with Crippen LogP contribution in [0.5, 0.6) is 11.5 Å². The lowest BCUT2D eigenvalue weighted by Gasteiger charge is -2.13. The zero-order valence-corrected chi connectivity index (χ0v) is 14.3. The van der Waals surface area contributed by atoms with Gasteiger partial charge in [-0.05, 0) is 23.8 Å². The summed E-state index contributed by atoms with van der Waals surface area (Å²) in [6, 6.07) is 17.7. The average Bonchev–Trinajstić information content (AvgIpc) is 2.67. The van der Waals surface area contributed by atoms with E-state index in [0.29, 0.717) is 26.4 Å². The van der Waals surface area contributed by atoms with E-state index in [0.717, 1.165) is 33.7 Å². The monoisotopic (exact) mass is 338 g/mol. The van der Waals surface area contributed by atoms with Crippen molar-refractivity contribution >= 4 is 10.9 Å². The molecule has 0 amide bonds. The molecule has 2 aromatic carbocycles. The zero-order chi connectivity index (χ0) is 17.5. The molecule has 0 radical (unpaired) electrons. The van der Waals surface area contributed by atoms with Gasteiger partial charge in [-0.2, -0.15) is 0 Å². The van der Waals surface area contributed by atoms with Gasteiger partial charge in [-0.15, -0.1) is 0 Å². The molecule has 0 bridgehead atoms. The molecular formula is C20H22N2O3. The molecule has 0 unspecified atom stereocenters. The highest BCUT2D eigenvalue weighted by atomic mass is 16.5. The van der Waals surface area contributed by atoms with E-state index in [-0.39, 0.29) is 0 Å². The van der Waals surface area contributed by atoms with Crippen LogP contribution in [-0.4, -0.2) is 25.3 Å². The van der Waals surface area contributed by atoms with Gasteiger partial charge in [0.05, 0.1) is 17.8 Å². The lowest BCUT2D eigenvalue weighted by molar-refractivity contribution is 0.146. The van der Waals surface area contributed by atoms with Crippen LogP contribution in [0.15, 0.2) is 54.6 Å². The molecular weight excluding hydrogens is 316 g/mol. The quantitative estimate of drug-likeness (QED) is 0.638. The molecule has 130 valence electrons. The van der Waals surface area contributed by atoms with Gasteiger partial charge >= 0.3 is 0 Å². The lowest BCUT2D eigenvalue weighted by atomic mass is 10.1. The van der Waals surface area contributed by atoms with Crippen LogP contribution in [0, 0.1) is 0 Å². The van der Waals surface area contributed by atoms with Gasteiger partial charge in [-0.3, -0.25) is 4.98 Å². The van der Waals surface area contributed by atoms with Crippen molar-refractivity contribution in [3.8, 4) is 11.5 Å². The second kappa shape index (κ2) is 8.46. The number of benzene rings is 2. The molecule has 3 rings (SSSR count). The number of rotatable bonds is 8. The first-order valence-corrected chi connectivity index (χ1v) is 8.22. The van der Waals surface area contributed by atoms with E-state index < -0.39 is 0 Å². The van der Waals surface area contributed by atoms with Gasteiger partial charge in [0, 0.05) is 25.1 Å². The summed E-state index contributed by atoms with van der Waals surface area (Å²) in [5, 5.41) is 0.906. The third-order valence-electron chi connectivity index (χ3n) is 3.80. The van der Waals surface area contributed by atoms with E-state index in [9.17, 15) is 0 Å². The lowest BCUT2D eigenvalue weighted by Crippen LogP contribution is -2.05. The third kappa shape index (κ3) is 4.47. The highest BCUT2D eigenvalue weighted by Crippen LogP contribution is 2.29. The van der Waals surface area contributed by atoms with Crippen molar-refractivity contribution in [1.29, 1.82) is 0 Å². The van der Waals surface area contributed by atoms with Crippen molar-refractivity contribution in [3.63, 3.8) is 0 Å². The predicted octanol–water partition coefficient (Wildman–Crippen LogP) is 3.30. The number of methoxy groups -OCH3 is 1. The SMILES string of the molecule is COCCOc1ccc2nc(CN)cc(OCc3ccccc3)c2c1. The second-order valence-corrected chi connectivity index (χ2v) is 5.61. The molecule has 3 aromatic rings. The van der Waals surface area contributed by atoms with Crippen molar-refractivity contribution in [2.24, 2.45) is 5.73 Å². The number of pyridine rings is 1. The first-order chi connectivity index (χ1) is 12.3. The Labute approximate surface area is 147 Å². The van der Waals surface area contributed by atoms with Gasteiger partial charge in [-0.1, -0.05) is 30.3 Å². The summed E-state index contributed by atoms with van der Waals surface area (Å²) in [6.07, 6.45) is 0. The molecule has 0 fully saturated rings. The van der Waals surface area contributed by atoms with Crippen LogP contribution >= 0.6 is 0 Å². The molecule has 25 heavy (non-hydrogen) atoms. The Bertz CT molecular complexity index is 822. The smallest absolute Gasteiger partial charge is 0.131 e. The molecule has 0 spiro atoms. The Morgan fingerprint density at radius 3 is 2.56 bits per heavy atom. The van der Waals surface area contributed by atoms with Crippen LogP contribution < -0.4 is 15.2 Å². The van der Waals surface area contributed by atoms with Crippen LogP contribution in [0.25, 0.3) is 10.9 Å². The first-order valence-electron chi connectivity index (χ1n) is 8.22. The Balaban J connectivity index is 1.88. The van der Waals surface area contributed by atoms with E-state index in [1.54, 1.807) is 7.11 Å². The van der Waals surface area contributed by atoms with Crippen LogP contribution in [0.3, 0.4) is 0 Å². The summed E-state index contributed by atoms with van der Waals surface area (Å²) < 4.78 is 16.8. The summed E-state index contributed by atoms with van der Waals surface area (Å²) in [5.74, 6) is 1.52. The summed E-state index contributed by atoms with van der Waals surface area (Å²) in [4.78, 5) is 4.56. The maximum absolute atomic E-state index is 6.05. The standard InChI is InChI=1S/C20H22N2O3/c1-23-9-10-24-17-7-8-19-18(12-17)20(11-16(13-21)22-19)25-14-15-5-3-2-4-6-15/h2-8,11-12H,9-10,13-14,21H2,1H3. The molecule has 0 atom stereocenters. The third-order valence-corrected chi connectivity index (χ3v) is 3.80. The van der Waals surface area contributed by atoms with E-state index in [2.05, 4.69) is 4.98 Å². The molecule has 0 aliphatic carbocycles. The number of hydrogen-bond donors (Lipinski definition) is 1. The van der Waals surface area contributed by atoms with Gasteiger partial charge in [0.1, 0.15) is 24.7 Å².